The molecule has 0 unspecified atom stereocenters. The molecule has 2 amide bonds. The molecular weight excluding hydrogens is 360 g/mol. The minimum atomic E-state index is -1.09. The van der Waals surface area contributed by atoms with E-state index < -0.39 is 12.6 Å². The number of carboxylic acids is 1. The number of nitrogens with one attached hydrogen (secondary N) is 1. The summed E-state index contributed by atoms with van der Waals surface area (Å²) in [7, 11) is 0. The maximum absolute atomic E-state index is 12.4. The normalized spacial score (nSPS) is 10.4. The van der Waals surface area contributed by atoms with Crippen molar-refractivity contribution in [2.24, 2.45) is 0 Å². The summed E-state index contributed by atoms with van der Waals surface area (Å²) in [5, 5.41) is 11.4. The molecule has 0 radical (unpaired) electrons. The van der Waals surface area contributed by atoms with E-state index in [0.29, 0.717) is 23.5 Å². The monoisotopic (exact) mass is 384 g/mol. The van der Waals surface area contributed by atoms with Crippen LogP contribution in [0, 0.1) is 0 Å². The maximum atomic E-state index is 12.4. The summed E-state index contributed by atoms with van der Waals surface area (Å²) >= 11 is 0. The van der Waals surface area contributed by atoms with Crippen molar-refractivity contribution in [3.05, 3.63) is 59.7 Å². The van der Waals surface area contributed by atoms with E-state index in [1.54, 1.807) is 42.2 Å². The summed E-state index contributed by atoms with van der Waals surface area (Å²) in [6.07, 6.45) is 0. The van der Waals surface area contributed by atoms with Crippen molar-refractivity contribution in [3.63, 3.8) is 0 Å². The Morgan fingerprint density at radius 2 is 1.79 bits per heavy atom. The lowest BCUT2D eigenvalue weighted by atomic mass is 10.1. The molecule has 2 rings (SSSR count). The lowest BCUT2D eigenvalue weighted by Crippen LogP contribution is -2.34. The Morgan fingerprint density at radius 1 is 1.11 bits per heavy atom. The highest BCUT2D eigenvalue weighted by Gasteiger charge is 2.13. The Kier molecular flexibility index (Phi) is 7.14. The maximum Gasteiger partial charge on any atom is 0.341 e. The van der Waals surface area contributed by atoms with E-state index in [1.165, 1.54) is 6.07 Å². The number of ether oxygens (including phenoxy) is 1. The first-order valence-corrected chi connectivity index (χ1v) is 8.88. The fourth-order valence-electron chi connectivity index (χ4n) is 2.62. The van der Waals surface area contributed by atoms with Gasteiger partial charge in [-0.3, -0.25) is 9.59 Å². The van der Waals surface area contributed by atoms with Crippen LogP contribution in [0.15, 0.2) is 48.5 Å². The lowest BCUT2D eigenvalue weighted by molar-refractivity contribution is -0.139. The molecule has 2 N–H and O–H groups in total. The van der Waals surface area contributed by atoms with Crippen LogP contribution in [0.2, 0.25) is 0 Å². The molecule has 0 heterocycles. The molecule has 7 heteroatoms. The van der Waals surface area contributed by atoms with Gasteiger partial charge in [-0.15, -0.1) is 0 Å². The fourth-order valence-corrected chi connectivity index (χ4v) is 2.62. The molecule has 148 valence electrons. The highest BCUT2D eigenvalue weighted by Crippen LogP contribution is 2.17. The first-order valence-electron chi connectivity index (χ1n) is 8.88. The number of amides is 2. The number of aliphatic carboxylic acids is 1. The van der Waals surface area contributed by atoms with Gasteiger partial charge in [0.05, 0.1) is 0 Å². The van der Waals surface area contributed by atoms with Gasteiger partial charge in [-0.1, -0.05) is 18.2 Å². The first-order chi connectivity index (χ1) is 13.3. The van der Waals surface area contributed by atoms with Crippen LogP contribution in [0.3, 0.4) is 0 Å². The van der Waals surface area contributed by atoms with Gasteiger partial charge in [-0.25, -0.2) is 4.79 Å². The van der Waals surface area contributed by atoms with E-state index in [1.807, 2.05) is 26.0 Å². The number of carboxylic acid groups (broad SMARTS) is 1. The number of carbonyl (C=O) groups is 3. The number of rotatable bonds is 8. The molecule has 2 aromatic carbocycles. The van der Waals surface area contributed by atoms with Crippen LogP contribution in [0.25, 0.3) is 0 Å². The number of anilines is 1. The van der Waals surface area contributed by atoms with Gasteiger partial charge in [-0.2, -0.15) is 0 Å². The number of carbonyl (C=O) groups excluding carboxylic acids is 2. The smallest absolute Gasteiger partial charge is 0.341 e. The topological polar surface area (TPSA) is 95.9 Å². The van der Waals surface area contributed by atoms with Crippen LogP contribution in [0.5, 0.6) is 5.75 Å². The Balaban J connectivity index is 2.02. The molecule has 0 saturated heterocycles. The molecule has 0 spiro atoms. The van der Waals surface area contributed by atoms with Crippen molar-refractivity contribution in [2.75, 3.05) is 11.9 Å². The number of nitrogens with zero attached hydrogens (tertiary/aromatic N) is 1. The zero-order chi connectivity index (χ0) is 20.7. The molecule has 0 fully saturated rings. The highest BCUT2D eigenvalue weighted by atomic mass is 16.5. The predicted octanol–water partition coefficient (Wildman–Crippen LogP) is 3.16. The van der Waals surface area contributed by atoms with E-state index in [4.69, 9.17) is 9.84 Å². The number of benzene rings is 2. The summed E-state index contributed by atoms with van der Waals surface area (Å²) in [4.78, 5) is 36.4. The summed E-state index contributed by atoms with van der Waals surface area (Å²) in [6, 6.07) is 13.7. The van der Waals surface area contributed by atoms with Crippen LogP contribution < -0.4 is 10.1 Å². The highest BCUT2D eigenvalue weighted by molar-refractivity contribution is 6.04. The Morgan fingerprint density at radius 3 is 2.36 bits per heavy atom. The summed E-state index contributed by atoms with van der Waals surface area (Å²) < 4.78 is 5.09. The van der Waals surface area contributed by atoms with Gasteiger partial charge in [0.25, 0.3) is 5.91 Å². The third kappa shape index (κ3) is 6.12. The van der Waals surface area contributed by atoms with Gasteiger partial charge in [0, 0.05) is 30.8 Å². The quantitative estimate of drug-likeness (QED) is 0.729. The van der Waals surface area contributed by atoms with E-state index in [0.717, 1.165) is 5.56 Å². The van der Waals surface area contributed by atoms with Crippen molar-refractivity contribution in [2.45, 2.75) is 33.4 Å². The van der Waals surface area contributed by atoms with Crippen LogP contribution in [0.4, 0.5) is 5.69 Å². The van der Waals surface area contributed by atoms with Gasteiger partial charge >= 0.3 is 5.97 Å². The molecular formula is C21H24N2O5. The molecule has 0 bridgehead atoms. The third-order valence-corrected chi connectivity index (χ3v) is 4.05. The minimum absolute atomic E-state index is 0.0115. The fraction of sp³-hybridized carbons (Fsp3) is 0.286. The zero-order valence-corrected chi connectivity index (χ0v) is 16.1. The molecule has 0 aliphatic heterocycles. The van der Waals surface area contributed by atoms with Gasteiger partial charge < -0.3 is 20.1 Å². The number of hydrogen-bond donors (Lipinski definition) is 2. The van der Waals surface area contributed by atoms with Crippen molar-refractivity contribution in [3.8, 4) is 5.75 Å². The van der Waals surface area contributed by atoms with Gasteiger partial charge in [-0.05, 0) is 49.7 Å². The Labute approximate surface area is 163 Å². The molecule has 0 aliphatic rings. The van der Waals surface area contributed by atoms with E-state index in [9.17, 15) is 14.4 Å². The predicted molar refractivity (Wildman–Crippen MR) is 105 cm³/mol. The SMILES string of the molecule is CC(=O)N(Cc1ccc(NC(=O)c2cccc(OCC(=O)O)c2)cc1)C(C)C. The van der Waals surface area contributed by atoms with Gasteiger partial charge in [0.1, 0.15) is 5.75 Å². The van der Waals surface area contributed by atoms with E-state index >= 15 is 0 Å². The van der Waals surface area contributed by atoms with Crippen LogP contribution in [-0.2, 0) is 16.1 Å². The van der Waals surface area contributed by atoms with Crippen molar-refractivity contribution in [1.29, 1.82) is 0 Å². The van der Waals surface area contributed by atoms with Crippen molar-refractivity contribution >= 4 is 23.5 Å². The third-order valence-electron chi connectivity index (χ3n) is 4.05. The summed E-state index contributed by atoms with van der Waals surface area (Å²) in [5.41, 5.74) is 1.94. The van der Waals surface area contributed by atoms with E-state index in [2.05, 4.69) is 5.32 Å². The second-order valence-corrected chi connectivity index (χ2v) is 6.60. The molecule has 0 saturated carbocycles. The van der Waals surface area contributed by atoms with Crippen molar-refractivity contribution in [1.82, 2.24) is 4.90 Å². The minimum Gasteiger partial charge on any atom is -0.482 e. The molecule has 28 heavy (non-hydrogen) atoms. The lowest BCUT2D eigenvalue weighted by Gasteiger charge is -2.25. The molecule has 2 aromatic rings. The first kappa shape index (κ1) is 21.0. The van der Waals surface area contributed by atoms with E-state index in [-0.39, 0.29) is 17.9 Å². The van der Waals surface area contributed by atoms with Crippen molar-refractivity contribution < 1.29 is 24.2 Å². The average Bonchev–Trinajstić information content (AvgIpc) is 2.65. The largest absolute Gasteiger partial charge is 0.482 e. The second-order valence-electron chi connectivity index (χ2n) is 6.60. The number of hydrogen-bond acceptors (Lipinski definition) is 4. The standard InChI is InChI=1S/C21H24N2O5/c1-14(2)23(15(3)24)12-16-7-9-18(10-8-16)22-21(27)17-5-4-6-19(11-17)28-13-20(25)26/h4-11,14H,12-13H2,1-3H3,(H,22,27)(H,25,26). The average molecular weight is 384 g/mol. The molecule has 0 atom stereocenters. The Bertz CT molecular complexity index is 846. The molecule has 0 aromatic heterocycles. The summed E-state index contributed by atoms with van der Waals surface area (Å²) in [5.74, 6) is -1.10. The van der Waals surface area contributed by atoms with Gasteiger partial charge in [0.15, 0.2) is 6.61 Å². The molecule has 7 nitrogen and oxygen atoms in total. The van der Waals surface area contributed by atoms with Gasteiger partial charge in [0.2, 0.25) is 5.91 Å². The zero-order valence-electron chi connectivity index (χ0n) is 16.1. The Hall–Kier alpha value is -3.35. The van der Waals surface area contributed by atoms with Crippen LogP contribution in [-0.4, -0.2) is 40.4 Å². The van der Waals surface area contributed by atoms with Crippen LogP contribution >= 0.6 is 0 Å². The molecule has 0 aliphatic carbocycles. The van der Waals surface area contributed by atoms with Crippen LogP contribution in [0.1, 0.15) is 36.7 Å². The second kappa shape index (κ2) is 9.55. The summed E-state index contributed by atoms with van der Waals surface area (Å²) in [6.45, 7) is 5.50.